The van der Waals surface area contributed by atoms with Crippen LogP contribution in [0.3, 0.4) is 0 Å². The fourth-order valence-electron chi connectivity index (χ4n) is 3.32. The first-order chi connectivity index (χ1) is 14.0. The number of pyridine rings is 1. The SMILES string of the molecule is COC(=O)[C@H](C)C[C@H](NC(=O)c1c2ccccc2nc2ccccc12)C(=O)OC. The number of esters is 2. The second kappa shape index (κ2) is 8.68. The van der Waals surface area contributed by atoms with Gasteiger partial charge in [-0.3, -0.25) is 9.59 Å². The number of hydrogen-bond donors (Lipinski definition) is 1. The summed E-state index contributed by atoms with van der Waals surface area (Å²) in [6, 6.07) is 13.6. The van der Waals surface area contributed by atoms with E-state index in [1.165, 1.54) is 14.2 Å². The maximum Gasteiger partial charge on any atom is 0.328 e. The van der Waals surface area contributed by atoms with Gasteiger partial charge in [0.2, 0.25) is 0 Å². The van der Waals surface area contributed by atoms with Crippen LogP contribution >= 0.6 is 0 Å². The third-order valence-corrected chi connectivity index (χ3v) is 4.80. The van der Waals surface area contributed by atoms with Crippen LogP contribution in [0, 0.1) is 5.92 Å². The number of carbonyl (C=O) groups is 3. The summed E-state index contributed by atoms with van der Waals surface area (Å²) >= 11 is 0. The summed E-state index contributed by atoms with van der Waals surface area (Å²) in [5.41, 5.74) is 1.77. The van der Waals surface area contributed by atoms with Crippen molar-refractivity contribution in [1.29, 1.82) is 0 Å². The molecule has 0 spiro atoms. The van der Waals surface area contributed by atoms with Gasteiger partial charge in [0.25, 0.3) is 5.91 Å². The average Bonchev–Trinajstić information content (AvgIpc) is 2.75. The summed E-state index contributed by atoms with van der Waals surface area (Å²) in [5.74, 6) is -2.12. The Kier molecular flexibility index (Phi) is 6.07. The summed E-state index contributed by atoms with van der Waals surface area (Å²) in [6.45, 7) is 1.63. The number of benzene rings is 2. The molecule has 0 aliphatic rings. The van der Waals surface area contributed by atoms with Crippen molar-refractivity contribution in [2.24, 2.45) is 5.92 Å². The zero-order valence-electron chi connectivity index (χ0n) is 16.5. The maximum absolute atomic E-state index is 13.3. The van der Waals surface area contributed by atoms with Gasteiger partial charge in [0.15, 0.2) is 0 Å². The second-order valence-electron chi connectivity index (χ2n) is 6.73. The van der Waals surface area contributed by atoms with Crippen molar-refractivity contribution in [3.63, 3.8) is 0 Å². The van der Waals surface area contributed by atoms with Crippen LogP contribution in [0.4, 0.5) is 0 Å². The first kappa shape index (κ1) is 20.3. The third-order valence-electron chi connectivity index (χ3n) is 4.80. The molecule has 2 aromatic carbocycles. The summed E-state index contributed by atoms with van der Waals surface area (Å²) < 4.78 is 9.54. The summed E-state index contributed by atoms with van der Waals surface area (Å²) in [6.07, 6.45) is 0.0615. The Morgan fingerprint density at radius 2 is 1.41 bits per heavy atom. The number of para-hydroxylation sites is 2. The standard InChI is InChI=1S/C22H22N2O5/c1-13(21(26)28-2)12-18(22(27)29-3)24-20(25)19-14-8-4-6-10-16(14)23-17-11-7-5-9-15(17)19/h4-11,13,18H,12H2,1-3H3,(H,24,25)/t13-,18+/m1/s1. The molecule has 0 radical (unpaired) electrons. The van der Waals surface area contributed by atoms with Gasteiger partial charge in [-0.2, -0.15) is 0 Å². The number of hydrogen-bond acceptors (Lipinski definition) is 6. The summed E-state index contributed by atoms with van der Waals surface area (Å²) in [4.78, 5) is 41.9. The van der Waals surface area contributed by atoms with Crippen molar-refractivity contribution in [3.8, 4) is 0 Å². The largest absolute Gasteiger partial charge is 0.469 e. The van der Waals surface area contributed by atoms with Gasteiger partial charge in [0, 0.05) is 10.8 Å². The Balaban J connectivity index is 2.02. The van der Waals surface area contributed by atoms with Gasteiger partial charge in [-0.1, -0.05) is 43.3 Å². The van der Waals surface area contributed by atoms with Gasteiger partial charge < -0.3 is 14.8 Å². The maximum atomic E-state index is 13.3. The van der Waals surface area contributed by atoms with Crippen LogP contribution in [0.25, 0.3) is 21.8 Å². The van der Waals surface area contributed by atoms with Gasteiger partial charge >= 0.3 is 11.9 Å². The molecule has 0 fully saturated rings. The molecule has 0 aliphatic carbocycles. The topological polar surface area (TPSA) is 94.6 Å². The van der Waals surface area contributed by atoms with E-state index in [9.17, 15) is 14.4 Å². The van der Waals surface area contributed by atoms with E-state index in [1.54, 1.807) is 6.92 Å². The first-order valence-electron chi connectivity index (χ1n) is 9.20. The van der Waals surface area contributed by atoms with Gasteiger partial charge in [-0.25, -0.2) is 9.78 Å². The lowest BCUT2D eigenvalue weighted by Crippen LogP contribution is -2.43. The van der Waals surface area contributed by atoms with Crippen molar-refractivity contribution in [3.05, 3.63) is 54.1 Å². The molecule has 7 nitrogen and oxygen atoms in total. The molecule has 0 aliphatic heterocycles. The van der Waals surface area contributed by atoms with Crippen LogP contribution in [-0.2, 0) is 19.1 Å². The lowest BCUT2D eigenvalue weighted by atomic mass is 9.99. The Hall–Kier alpha value is -3.48. The molecule has 0 saturated carbocycles. The second-order valence-corrected chi connectivity index (χ2v) is 6.73. The molecule has 0 unspecified atom stereocenters. The third kappa shape index (κ3) is 4.18. The Bertz CT molecular complexity index is 1030. The molecule has 150 valence electrons. The molecule has 1 amide bonds. The molecule has 0 saturated heterocycles. The van der Waals surface area contributed by atoms with E-state index in [-0.39, 0.29) is 6.42 Å². The van der Waals surface area contributed by atoms with Crippen LogP contribution in [-0.4, -0.2) is 43.1 Å². The van der Waals surface area contributed by atoms with E-state index in [0.717, 1.165) is 0 Å². The van der Waals surface area contributed by atoms with E-state index in [0.29, 0.717) is 27.4 Å². The van der Waals surface area contributed by atoms with Gasteiger partial charge in [0.05, 0.1) is 36.7 Å². The number of methoxy groups -OCH3 is 2. The predicted molar refractivity (Wildman–Crippen MR) is 108 cm³/mol. The van der Waals surface area contributed by atoms with Crippen molar-refractivity contribution in [2.75, 3.05) is 14.2 Å². The number of fused-ring (bicyclic) bond motifs is 2. The Morgan fingerprint density at radius 3 is 1.93 bits per heavy atom. The monoisotopic (exact) mass is 394 g/mol. The zero-order chi connectivity index (χ0) is 21.0. The van der Waals surface area contributed by atoms with Gasteiger partial charge in [0.1, 0.15) is 6.04 Å². The van der Waals surface area contributed by atoms with Crippen molar-refractivity contribution >= 4 is 39.7 Å². The van der Waals surface area contributed by atoms with E-state index in [4.69, 9.17) is 9.47 Å². The summed E-state index contributed by atoms with van der Waals surface area (Å²) in [5, 5.41) is 4.08. The lowest BCUT2D eigenvalue weighted by molar-refractivity contribution is -0.147. The van der Waals surface area contributed by atoms with E-state index < -0.39 is 29.8 Å². The summed E-state index contributed by atoms with van der Waals surface area (Å²) in [7, 11) is 2.52. The van der Waals surface area contributed by atoms with Gasteiger partial charge in [-0.15, -0.1) is 0 Å². The number of ether oxygens (including phenoxy) is 2. The van der Waals surface area contributed by atoms with Crippen LogP contribution in [0.5, 0.6) is 0 Å². The molecule has 1 aromatic heterocycles. The first-order valence-corrected chi connectivity index (χ1v) is 9.20. The highest BCUT2D eigenvalue weighted by Crippen LogP contribution is 2.26. The Morgan fingerprint density at radius 1 is 0.897 bits per heavy atom. The van der Waals surface area contributed by atoms with Gasteiger partial charge in [-0.05, 0) is 18.6 Å². The van der Waals surface area contributed by atoms with Crippen molar-refractivity contribution in [1.82, 2.24) is 10.3 Å². The normalized spacial score (nSPS) is 12.9. The molecule has 1 N–H and O–H groups in total. The van der Waals surface area contributed by atoms with Crippen molar-refractivity contribution < 1.29 is 23.9 Å². The van der Waals surface area contributed by atoms with Crippen LogP contribution in [0.1, 0.15) is 23.7 Å². The minimum Gasteiger partial charge on any atom is -0.469 e. The van der Waals surface area contributed by atoms with E-state index in [1.807, 2.05) is 48.5 Å². The minimum absolute atomic E-state index is 0.0615. The van der Waals surface area contributed by atoms with Crippen LogP contribution < -0.4 is 5.32 Å². The van der Waals surface area contributed by atoms with E-state index in [2.05, 4.69) is 10.3 Å². The number of nitrogens with one attached hydrogen (secondary N) is 1. The van der Waals surface area contributed by atoms with E-state index >= 15 is 0 Å². The van der Waals surface area contributed by atoms with Crippen molar-refractivity contribution in [2.45, 2.75) is 19.4 Å². The molecular formula is C22H22N2O5. The fourth-order valence-corrected chi connectivity index (χ4v) is 3.32. The lowest BCUT2D eigenvalue weighted by Gasteiger charge is -2.20. The predicted octanol–water partition coefficient (Wildman–Crippen LogP) is 2.86. The fraction of sp³-hybridized carbons (Fsp3) is 0.273. The number of aromatic nitrogens is 1. The van der Waals surface area contributed by atoms with Crippen LogP contribution in [0.2, 0.25) is 0 Å². The molecule has 1 heterocycles. The molecule has 2 atom stereocenters. The molecule has 7 heteroatoms. The molecule has 3 rings (SSSR count). The quantitative estimate of drug-likeness (QED) is 0.510. The number of nitrogens with zero attached hydrogens (tertiary/aromatic N) is 1. The molecule has 29 heavy (non-hydrogen) atoms. The molecular weight excluding hydrogens is 372 g/mol. The van der Waals surface area contributed by atoms with Crippen LogP contribution in [0.15, 0.2) is 48.5 Å². The smallest absolute Gasteiger partial charge is 0.328 e. The number of rotatable bonds is 6. The average molecular weight is 394 g/mol. The molecule has 3 aromatic rings. The number of amides is 1. The highest BCUT2D eigenvalue weighted by molar-refractivity contribution is 6.16. The Labute approximate surface area is 168 Å². The highest BCUT2D eigenvalue weighted by atomic mass is 16.5. The minimum atomic E-state index is -0.993. The zero-order valence-corrected chi connectivity index (χ0v) is 16.5. The molecule has 0 bridgehead atoms. The highest BCUT2D eigenvalue weighted by Gasteiger charge is 2.28. The number of carbonyl (C=O) groups excluding carboxylic acids is 3.